The molecule has 3 rings (SSSR count). The molecule has 0 saturated heterocycles. The fourth-order valence-electron chi connectivity index (χ4n) is 2.70. The molecule has 3 aromatic rings. The van der Waals surface area contributed by atoms with Crippen molar-refractivity contribution in [2.75, 3.05) is 12.4 Å². The molecular formula is C17H17N3O4. The molecule has 2 N–H and O–H groups in total. The largest absolute Gasteiger partial charge is 0.465 e. The molecule has 24 heavy (non-hydrogen) atoms. The highest BCUT2D eigenvalue weighted by Crippen LogP contribution is 2.22. The molecule has 0 saturated carbocycles. The number of nitrogens with zero attached hydrogens (tertiary/aromatic N) is 1. The Morgan fingerprint density at radius 3 is 2.71 bits per heavy atom. The molecule has 0 spiro atoms. The smallest absolute Gasteiger partial charge is 0.339 e. The summed E-state index contributed by atoms with van der Waals surface area (Å²) in [5.41, 5.74) is 3.76. The molecule has 1 aromatic carbocycles. The molecule has 0 aliphatic carbocycles. The van der Waals surface area contributed by atoms with Gasteiger partial charge in [-0.15, -0.1) is 0 Å². The van der Waals surface area contributed by atoms with Crippen LogP contribution in [-0.2, 0) is 4.74 Å². The van der Waals surface area contributed by atoms with Crippen LogP contribution < -0.4 is 5.32 Å². The lowest BCUT2D eigenvalue weighted by molar-refractivity contribution is 0.0599. The molecule has 0 fully saturated rings. The second kappa shape index (κ2) is 5.84. The summed E-state index contributed by atoms with van der Waals surface area (Å²) < 4.78 is 10.2. The third kappa shape index (κ3) is 2.64. The zero-order valence-electron chi connectivity index (χ0n) is 13.8. The number of anilines is 1. The Hall–Kier alpha value is -3.09. The average Bonchev–Trinajstić information content (AvgIpc) is 3.05. The van der Waals surface area contributed by atoms with E-state index in [0.717, 1.165) is 0 Å². The van der Waals surface area contributed by atoms with Gasteiger partial charge in [-0.25, -0.2) is 9.78 Å². The monoisotopic (exact) mass is 327 g/mol. The highest BCUT2D eigenvalue weighted by atomic mass is 16.5. The minimum atomic E-state index is -0.472. The van der Waals surface area contributed by atoms with Gasteiger partial charge in [-0.1, -0.05) is 0 Å². The first-order valence-electron chi connectivity index (χ1n) is 7.36. The van der Waals surface area contributed by atoms with Crippen LogP contribution in [0.2, 0.25) is 0 Å². The SMILES string of the molecule is COC(=O)c1c(C)[nH]c(C(=O)Nc2ccc3oc(C)nc3c2)c1C. The number of fused-ring (bicyclic) bond motifs is 1. The molecule has 124 valence electrons. The van der Waals surface area contributed by atoms with E-state index < -0.39 is 5.97 Å². The van der Waals surface area contributed by atoms with Crippen molar-refractivity contribution in [1.82, 2.24) is 9.97 Å². The normalized spacial score (nSPS) is 10.8. The summed E-state index contributed by atoms with van der Waals surface area (Å²) in [4.78, 5) is 31.5. The Balaban J connectivity index is 1.90. The molecule has 0 unspecified atom stereocenters. The number of oxazole rings is 1. The van der Waals surface area contributed by atoms with Gasteiger partial charge in [0.2, 0.25) is 0 Å². The predicted molar refractivity (Wildman–Crippen MR) is 88.3 cm³/mol. The van der Waals surface area contributed by atoms with Crippen molar-refractivity contribution in [3.05, 3.63) is 46.6 Å². The highest BCUT2D eigenvalue weighted by Gasteiger charge is 2.22. The van der Waals surface area contributed by atoms with Crippen LogP contribution in [-0.4, -0.2) is 29.0 Å². The number of esters is 1. The maximum Gasteiger partial charge on any atom is 0.339 e. The lowest BCUT2D eigenvalue weighted by atomic mass is 10.1. The van der Waals surface area contributed by atoms with Crippen LogP contribution in [0, 0.1) is 20.8 Å². The van der Waals surface area contributed by atoms with Crippen molar-refractivity contribution < 1.29 is 18.7 Å². The first-order chi connectivity index (χ1) is 11.4. The maximum absolute atomic E-state index is 12.5. The van der Waals surface area contributed by atoms with Crippen molar-refractivity contribution >= 4 is 28.7 Å². The van der Waals surface area contributed by atoms with E-state index >= 15 is 0 Å². The third-order valence-electron chi connectivity index (χ3n) is 3.81. The lowest BCUT2D eigenvalue weighted by Gasteiger charge is -2.05. The van der Waals surface area contributed by atoms with Crippen LogP contribution in [0.3, 0.4) is 0 Å². The van der Waals surface area contributed by atoms with E-state index in [9.17, 15) is 9.59 Å². The topological polar surface area (TPSA) is 97.2 Å². The Morgan fingerprint density at radius 2 is 2.00 bits per heavy atom. The zero-order chi connectivity index (χ0) is 17.4. The van der Waals surface area contributed by atoms with E-state index in [1.807, 2.05) is 0 Å². The molecule has 0 aliphatic heterocycles. The second-order valence-electron chi connectivity index (χ2n) is 5.49. The van der Waals surface area contributed by atoms with Gasteiger partial charge >= 0.3 is 5.97 Å². The number of rotatable bonds is 3. The summed E-state index contributed by atoms with van der Waals surface area (Å²) in [5.74, 6) is -0.253. The standard InChI is InChI=1S/C17H17N3O4/c1-8-14(17(22)23-4)9(2)18-15(8)16(21)20-11-5-6-13-12(7-11)19-10(3)24-13/h5-7,18H,1-4H3,(H,20,21). The number of aryl methyl sites for hydroxylation is 2. The number of carbonyl (C=O) groups excluding carboxylic acids is 2. The number of benzene rings is 1. The number of H-pyrrole nitrogens is 1. The summed E-state index contributed by atoms with van der Waals surface area (Å²) in [7, 11) is 1.31. The molecule has 2 aromatic heterocycles. The van der Waals surface area contributed by atoms with Crippen LogP contribution in [0.15, 0.2) is 22.6 Å². The predicted octanol–water partition coefficient (Wildman–Crippen LogP) is 3.12. The van der Waals surface area contributed by atoms with Gasteiger partial charge < -0.3 is 19.5 Å². The first kappa shape index (κ1) is 15.8. The molecule has 7 heteroatoms. The third-order valence-corrected chi connectivity index (χ3v) is 3.81. The Bertz CT molecular complexity index is 952. The Labute approximate surface area is 138 Å². The number of aromatic nitrogens is 2. The van der Waals surface area contributed by atoms with Gasteiger partial charge in [-0.2, -0.15) is 0 Å². The first-order valence-corrected chi connectivity index (χ1v) is 7.36. The van der Waals surface area contributed by atoms with Crippen molar-refractivity contribution in [1.29, 1.82) is 0 Å². The summed E-state index contributed by atoms with van der Waals surface area (Å²) in [6.07, 6.45) is 0. The number of hydrogen-bond donors (Lipinski definition) is 2. The zero-order valence-corrected chi connectivity index (χ0v) is 13.8. The molecular weight excluding hydrogens is 310 g/mol. The van der Waals surface area contributed by atoms with Crippen molar-refractivity contribution in [3.63, 3.8) is 0 Å². The average molecular weight is 327 g/mol. The quantitative estimate of drug-likeness (QED) is 0.720. The van der Waals surface area contributed by atoms with Crippen LogP contribution in [0.4, 0.5) is 5.69 Å². The number of carbonyl (C=O) groups is 2. The van der Waals surface area contributed by atoms with Crippen molar-refractivity contribution in [3.8, 4) is 0 Å². The Morgan fingerprint density at radius 1 is 1.25 bits per heavy atom. The summed E-state index contributed by atoms with van der Waals surface area (Å²) in [5, 5.41) is 2.79. The van der Waals surface area contributed by atoms with Gasteiger partial charge in [0.1, 0.15) is 11.2 Å². The van der Waals surface area contributed by atoms with Crippen LogP contribution in [0.1, 0.15) is 38.0 Å². The van der Waals surface area contributed by atoms with E-state index in [1.54, 1.807) is 39.0 Å². The van der Waals surface area contributed by atoms with Crippen LogP contribution >= 0.6 is 0 Å². The van der Waals surface area contributed by atoms with E-state index in [1.165, 1.54) is 7.11 Å². The molecule has 0 aliphatic rings. The van der Waals surface area contributed by atoms with Crippen molar-refractivity contribution in [2.45, 2.75) is 20.8 Å². The number of ether oxygens (including phenoxy) is 1. The summed E-state index contributed by atoms with van der Waals surface area (Å²) >= 11 is 0. The van der Waals surface area contributed by atoms with E-state index in [4.69, 9.17) is 9.15 Å². The van der Waals surface area contributed by atoms with Crippen LogP contribution in [0.5, 0.6) is 0 Å². The number of amides is 1. The molecule has 0 radical (unpaired) electrons. The number of hydrogen-bond acceptors (Lipinski definition) is 5. The molecule has 2 heterocycles. The molecule has 7 nitrogen and oxygen atoms in total. The molecule has 1 amide bonds. The minimum Gasteiger partial charge on any atom is -0.465 e. The summed E-state index contributed by atoms with van der Waals surface area (Å²) in [6, 6.07) is 5.21. The Kier molecular flexibility index (Phi) is 3.84. The van der Waals surface area contributed by atoms with Gasteiger partial charge in [0, 0.05) is 18.3 Å². The maximum atomic E-state index is 12.5. The lowest BCUT2D eigenvalue weighted by Crippen LogP contribution is -2.14. The number of nitrogens with one attached hydrogen (secondary N) is 2. The van der Waals surface area contributed by atoms with E-state index in [2.05, 4.69) is 15.3 Å². The molecule has 0 bridgehead atoms. The van der Waals surface area contributed by atoms with Crippen LogP contribution in [0.25, 0.3) is 11.1 Å². The highest BCUT2D eigenvalue weighted by molar-refractivity contribution is 6.07. The summed E-state index contributed by atoms with van der Waals surface area (Å²) in [6.45, 7) is 5.19. The minimum absolute atomic E-state index is 0.323. The number of aromatic amines is 1. The number of methoxy groups -OCH3 is 1. The van der Waals surface area contributed by atoms with Gasteiger partial charge in [0.25, 0.3) is 5.91 Å². The van der Waals surface area contributed by atoms with E-state index in [-0.39, 0.29) is 5.91 Å². The van der Waals surface area contributed by atoms with E-state index in [0.29, 0.717) is 45.2 Å². The fraction of sp³-hybridized carbons (Fsp3) is 0.235. The molecule has 0 atom stereocenters. The van der Waals surface area contributed by atoms with Gasteiger partial charge in [-0.3, -0.25) is 4.79 Å². The fourth-order valence-corrected chi connectivity index (χ4v) is 2.70. The van der Waals surface area contributed by atoms with Gasteiger partial charge in [0.05, 0.1) is 12.7 Å². The van der Waals surface area contributed by atoms with Crippen molar-refractivity contribution in [2.24, 2.45) is 0 Å². The van der Waals surface area contributed by atoms with Gasteiger partial charge in [0.15, 0.2) is 11.5 Å². The second-order valence-corrected chi connectivity index (χ2v) is 5.49. The van der Waals surface area contributed by atoms with Gasteiger partial charge in [-0.05, 0) is 37.6 Å².